The second kappa shape index (κ2) is 14.2. The first kappa shape index (κ1) is 30.6. The molecule has 0 aromatic rings. The number of nitrogens with one attached hydrogen (secondary N) is 2. The van der Waals surface area contributed by atoms with E-state index >= 15 is 0 Å². The van der Waals surface area contributed by atoms with E-state index in [2.05, 4.69) is 10.6 Å². The number of hydrogen-bond donors (Lipinski definition) is 9. The van der Waals surface area contributed by atoms with Gasteiger partial charge in [-0.1, -0.05) is 6.92 Å². The zero-order valence-corrected chi connectivity index (χ0v) is 19.3. The summed E-state index contributed by atoms with van der Waals surface area (Å²) in [6.07, 6.45) is -11.3. The first-order chi connectivity index (χ1) is 16.3. The molecule has 0 aromatic heterocycles. The van der Waals surface area contributed by atoms with Crippen molar-refractivity contribution >= 4 is 23.8 Å². The largest absolute Gasteiger partial charge is 0.481 e. The number of aliphatic hydroxyl groups excluding tert-OH is 6. The molecule has 1 saturated heterocycles. The topological polar surface area (TPSA) is 252 Å². The molecule has 0 bridgehead atoms. The molecule has 1 fully saturated rings. The Morgan fingerprint density at radius 3 is 2.14 bits per heavy atom. The number of ether oxygens (including phenoxy) is 2. The Labute approximate surface area is 200 Å². The molecule has 1 heterocycles. The van der Waals surface area contributed by atoms with Crippen LogP contribution in [-0.4, -0.2) is 122 Å². The van der Waals surface area contributed by atoms with Gasteiger partial charge in [-0.3, -0.25) is 14.4 Å². The first-order valence-corrected chi connectivity index (χ1v) is 11.0. The van der Waals surface area contributed by atoms with Crippen LogP contribution in [0, 0.1) is 5.92 Å². The van der Waals surface area contributed by atoms with Crippen molar-refractivity contribution in [1.82, 2.24) is 10.6 Å². The van der Waals surface area contributed by atoms with Gasteiger partial charge in [0, 0.05) is 6.42 Å². The normalized spacial score (nSPS) is 27.7. The van der Waals surface area contributed by atoms with E-state index in [4.69, 9.17) is 14.6 Å². The van der Waals surface area contributed by atoms with Gasteiger partial charge in [0.25, 0.3) is 0 Å². The fourth-order valence-electron chi connectivity index (χ4n) is 3.44. The van der Waals surface area contributed by atoms with Crippen LogP contribution in [0.2, 0.25) is 0 Å². The lowest BCUT2D eigenvalue weighted by atomic mass is 9.88. The van der Waals surface area contributed by atoms with Gasteiger partial charge in [-0.15, -0.1) is 0 Å². The standard InChI is InChI=1S/C20H34N2O13/c1-3-34-19(32)13(8(2)6-10-15(28)16(29)17(30)20(33)35-10)22-18(31)14(9(24)7-23)21-11(25)4-5-12(26)27/h8-10,13-17,20,23-24,28-30,33H,3-7H2,1-2H3,(H,21,25)(H,22,31)(H,26,27)/t8-,9-,10?,13-,14?,15+,16-,17-,20+/m0/s1. The molecule has 1 aliphatic heterocycles. The van der Waals surface area contributed by atoms with Crippen LogP contribution < -0.4 is 10.6 Å². The number of carboxylic acid groups (broad SMARTS) is 1. The van der Waals surface area contributed by atoms with E-state index in [1.54, 1.807) is 0 Å². The number of carbonyl (C=O) groups is 4. The molecule has 2 unspecified atom stereocenters. The predicted molar refractivity (Wildman–Crippen MR) is 113 cm³/mol. The van der Waals surface area contributed by atoms with Crippen LogP contribution in [0.25, 0.3) is 0 Å². The average Bonchev–Trinajstić information content (AvgIpc) is 2.80. The molecule has 202 valence electrons. The second-order valence-electron chi connectivity index (χ2n) is 8.18. The van der Waals surface area contributed by atoms with Crippen LogP contribution in [0.4, 0.5) is 0 Å². The fraction of sp³-hybridized carbons (Fsp3) is 0.800. The van der Waals surface area contributed by atoms with Crippen molar-refractivity contribution in [2.24, 2.45) is 5.92 Å². The van der Waals surface area contributed by atoms with Crippen LogP contribution in [0.5, 0.6) is 0 Å². The molecule has 0 radical (unpaired) electrons. The summed E-state index contributed by atoms with van der Waals surface area (Å²) >= 11 is 0. The Hall–Kier alpha value is -2.40. The van der Waals surface area contributed by atoms with Crippen molar-refractivity contribution in [2.45, 2.75) is 82.0 Å². The van der Waals surface area contributed by atoms with E-state index in [0.29, 0.717) is 0 Å². The highest BCUT2D eigenvalue weighted by Gasteiger charge is 2.45. The van der Waals surface area contributed by atoms with Gasteiger partial charge in [0.2, 0.25) is 11.8 Å². The van der Waals surface area contributed by atoms with Crippen molar-refractivity contribution in [3.8, 4) is 0 Å². The number of carboxylic acids is 1. The molecule has 9 N–H and O–H groups in total. The summed E-state index contributed by atoms with van der Waals surface area (Å²) in [7, 11) is 0. The molecule has 0 spiro atoms. The molecule has 0 aliphatic carbocycles. The summed E-state index contributed by atoms with van der Waals surface area (Å²) in [5, 5.41) is 71.7. The Balaban J connectivity index is 3.02. The quantitative estimate of drug-likeness (QED) is 0.106. The molecular formula is C20H34N2O13. The van der Waals surface area contributed by atoms with E-state index in [1.165, 1.54) is 13.8 Å². The van der Waals surface area contributed by atoms with Gasteiger partial charge >= 0.3 is 11.9 Å². The highest BCUT2D eigenvalue weighted by atomic mass is 16.6. The second-order valence-corrected chi connectivity index (χ2v) is 8.18. The van der Waals surface area contributed by atoms with Gasteiger partial charge in [0.05, 0.1) is 25.7 Å². The molecular weight excluding hydrogens is 476 g/mol. The van der Waals surface area contributed by atoms with Crippen molar-refractivity contribution in [3.05, 3.63) is 0 Å². The third-order valence-electron chi connectivity index (χ3n) is 5.44. The summed E-state index contributed by atoms with van der Waals surface area (Å²) in [5.74, 6) is -5.06. The zero-order valence-electron chi connectivity index (χ0n) is 19.3. The smallest absolute Gasteiger partial charge is 0.328 e. The van der Waals surface area contributed by atoms with E-state index in [0.717, 1.165) is 0 Å². The third kappa shape index (κ3) is 8.96. The van der Waals surface area contributed by atoms with Crippen molar-refractivity contribution in [1.29, 1.82) is 0 Å². The number of aliphatic hydroxyl groups is 6. The summed E-state index contributed by atoms with van der Waals surface area (Å²) in [4.78, 5) is 48.0. The highest BCUT2D eigenvalue weighted by Crippen LogP contribution is 2.26. The lowest BCUT2D eigenvalue weighted by Gasteiger charge is -2.40. The number of amides is 2. The monoisotopic (exact) mass is 510 g/mol. The Bertz CT molecular complexity index is 736. The van der Waals surface area contributed by atoms with Crippen molar-refractivity contribution in [3.63, 3.8) is 0 Å². The van der Waals surface area contributed by atoms with Gasteiger partial charge in [-0.25, -0.2) is 4.79 Å². The summed E-state index contributed by atoms with van der Waals surface area (Å²) in [6, 6.07) is -3.18. The van der Waals surface area contributed by atoms with Crippen LogP contribution in [-0.2, 0) is 28.7 Å². The van der Waals surface area contributed by atoms with Gasteiger partial charge in [-0.05, 0) is 19.3 Å². The van der Waals surface area contributed by atoms with Gasteiger partial charge in [0.15, 0.2) is 6.29 Å². The SMILES string of the molecule is CCOC(=O)[C@@H](NC(=O)C(NC(=O)CCC(=O)O)[C@@H](O)CO)[C@@H](C)CC1O[C@@H](O)[C@@H](O)[C@@H](O)[C@@H]1O. The van der Waals surface area contributed by atoms with Gasteiger partial charge in [0.1, 0.15) is 36.5 Å². The van der Waals surface area contributed by atoms with E-state index in [-0.39, 0.29) is 13.0 Å². The van der Waals surface area contributed by atoms with E-state index in [9.17, 15) is 49.8 Å². The molecule has 2 amide bonds. The molecule has 9 atom stereocenters. The van der Waals surface area contributed by atoms with E-state index in [1.807, 2.05) is 0 Å². The maximum Gasteiger partial charge on any atom is 0.328 e. The first-order valence-electron chi connectivity index (χ1n) is 11.0. The molecule has 1 rings (SSSR count). The van der Waals surface area contributed by atoms with Crippen LogP contribution in [0.3, 0.4) is 0 Å². The summed E-state index contributed by atoms with van der Waals surface area (Å²) < 4.78 is 10.1. The Kier molecular flexibility index (Phi) is 12.5. The maximum absolute atomic E-state index is 12.8. The van der Waals surface area contributed by atoms with Crippen molar-refractivity contribution in [2.75, 3.05) is 13.2 Å². The number of aliphatic carboxylic acids is 1. The molecule has 35 heavy (non-hydrogen) atoms. The van der Waals surface area contributed by atoms with Crippen LogP contribution >= 0.6 is 0 Å². The molecule has 15 nitrogen and oxygen atoms in total. The molecule has 1 aliphatic rings. The minimum Gasteiger partial charge on any atom is -0.481 e. The van der Waals surface area contributed by atoms with E-state index < -0.39 is 98.0 Å². The lowest BCUT2D eigenvalue weighted by molar-refractivity contribution is -0.284. The van der Waals surface area contributed by atoms with Crippen molar-refractivity contribution < 1.29 is 64.4 Å². The molecule has 0 saturated carbocycles. The minimum absolute atomic E-state index is 0.0707. The summed E-state index contributed by atoms with van der Waals surface area (Å²) in [6.45, 7) is 1.94. The number of esters is 1. The number of hydrogen-bond acceptors (Lipinski definition) is 12. The van der Waals surface area contributed by atoms with Gasteiger partial charge in [-0.2, -0.15) is 0 Å². The molecule has 15 heteroatoms. The Morgan fingerprint density at radius 2 is 1.60 bits per heavy atom. The fourth-order valence-corrected chi connectivity index (χ4v) is 3.44. The molecule has 0 aromatic carbocycles. The lowest BCUT2D eigenvalue weighted by Crippen LogP contribution is -2.60. The minimum atomic E-state index is -1.81. The highest BCUT2D eigenvalue weighted by molar-refractivity contribution is 5.91. The van der Waals surface area contributed by atoms with Crippen LogP contribution in [0.1, 0.15) is 33.1 Å². The summed E-state index contributed by atoms with van der Waals surface area (Å²) in [5.41, 5.74) is 0. The van der Waals surface area contributed by atoms with Gasteiger partial charge < -0.3 is 55.9 Å². The van der Waals surface area contributed by atoms with Crippen LogP contribution in [0.15, 0.2) is 0 Å². The third-order valence-corrected chi connectivity index (χ3v) is 5.44. The predicted octanol–water partition coefficient (Wildman–Crippen LogP) is -4.44. The maximum atomic E-state index is 12.8. The zero-order chi connectivity index (χ0) is 26.9. The average molecular weight is 510 g/mol. The number of carbonyl (C=O) groups excluding carboxylic acids is 3. The number of rotatable bonds is 13. The Morgan fingerprint density at radius 1 is 0.971 bits per heavy atom.